The molecule has 0 radical (unpaired) electrons. The molecule has 0 unspecified atom stereocenters. The molecule has 156 valence electrons. The van der Waals surface area contributed by atoms with Crippen LogP contribution in [-0.4, -0.2) is 27.3 Å². The molecule has 0 aliphatic heterocycles. The Balaban J connectivity index is 0.000000567. The molecule has 0 saturated heterocycles. The van der Waals surface area contributed by atoms with Crippen molar-refractivity contribution < 1.29 is 24.9 Å². The van der Waals surface area contributed by atoms with E-state index in [2.05, 4.69) is 0 Å². The van der Waals surface area contributed by atoms with Gasteiger partial charge in [-0.2, -0.15) is 0 Å². The molecule has 0 saturated carbocycles. The molecule has 0 spiro atoms. The van der Waals surface area contributed by atoms with Gasteiger partial charge in [0.25, 0.3) is 0 Å². The summed E-state index contributed by atoms with van der Waals surface area (Å²) in [6.45, 7) is 0.00444. The molecule has 10 heteroatoms. The van der Waals surface area contributed by atoms with Gasteiger partial charge in [-0.1, -0.05) is 18.2 Å². The van der Waals surface area contributed by atoms with E-state index in [0.29, 0.717) is 22.4 Å². The van der Waals surface area contributed by atoms with Gasteiger partial charge in [-0.25, -0.2) is 9.59 Å². The number of benzene rings is 3. The molecule has 8 nitrogen and oxygen atoms in total. The number of hydrogen-bond acceptors (Lipinski definition) is 6. The van der Waals surface area contributed by atoms with E-state index < -0.39 is 11.9 Å². The first-order chi connectivity index (χ1) is 12.8. The number of nitrogen functional groups attached to an aromatic ring is 3. The molecular weight excluding hydrogens is 421 g/mol. The average molecular weight is 442 g/mol. The summed E-state index contributed by atoms with van der Waals surface area (Å²) < 4.78 is 0. The minimum Gasteiger partial charge on any atom is -0.478 e. The van der Waals surface area contributed by atoms with Gasteiger partial charge in [0.2, 0.25) is 0 Å². The first-order valence-corrected chi connectivity index (χ1v) is 7.78. The predicted molar refractivity (Wildman–Crippen MR) is 118 cm³/mol. The lowest BCUT2D eigenvalue weighted by atomic mass is 9.98. The Labute approximate surface area is 178 Å². The van der Waals surface area contributed by atoms with E-state index in [0.717, 1.165) is 5.56 Å². The summed E-state index contributed by atoms with van der Waals surface area (Å²) in [6, 6.07) is 12.3. The van der Waals surface area contributed by atoms with Crippen LogP contribution < -0.4 is 17.2 Å². The maximum atomic E-state index is 11.1. The summed E-state index contributed by atoms with van der Waals surface area (Å²) in [4.78, 5) is 22.1. The SMILES string of the molecule is Cl.Cl.Nc1ccc(C(=O)O)c2c(C(=O)O)cccc12.Nc1ccc(CO)cc1N. The third-order valence-electron chi connectivity index (χ3n) is 3.87. The van der Waals surface area contributed by atoms with Crippen LogP contribution in [0.3, 0.4) is 0 Å². The number of carboxylic acid groups (broad SMARTS) is 2. The fourth-order valence-electron chi connectivity index (χ4n) is 2.51. The van der Waals surface area contributed by atoms with Gasteiger partial charge in [-0.3, -0.25) is 0 Å². The van der Waals surface area contributed by atoms with Gasteiger partial charge in [-0.05, 0) is 35.9 Å². The number of rotatable bonds is 3. The Hall–Kier alpha value is -3.20. The number of carbonyl (C=O) groups is 2. The van der Waals surface area contributed by atoms with E-state index in [-0.39, 0.29) is 47.9 Å². The second-order valence-corrected chi connectivity index (χ2v) is 5.66. The molecule has 0 amide bonds. The van der Waals surface area contributed by atoms with Crippen LogP contribution >= 0.6 is 24.8 Å². The first-order valence-electron chi connectivity index (χ1n) is 7.78. The minimum atomic E-state index is -1.18. The molecule has 0 aliphatic carbocycles. The summed E-state index contributed by atoms with van der Waals surface area (Å²) in [5.41, 5.74) is 18.7. The van der Waals surface area contributed by atoms with Crippen molar-refractivity contribution in [1.29, 1.82) is 0 Å². The highest BCUT2D eigenvalue weighted by Crippen LogP contribution is 2.28. The molecule has 0 fully saturated rings. The van der Waals surface area contributed by atoms with Gasteiger partial charge in [0.1, 0.15) is 0 Å². The van der Waals surface area contributed by atoms with Crippen LogP contribution in [0.5, 0.6) is 0 Å². The summed E-state index contributed by atoms with van der Waals surface area (Å²) in [7, 11) is 0. The van der Waals surface area contributed by atoms with Gasteiger partial charge in [0, 0.05) is 16.5 Å². The Morgan fingerprint density at radius 3 is 1.83 bits per heavy atom. The van der Waals surface area contributed by atoms with Crippen LogP contribution in [0.2, 0.25) is 0 Å². The number of halogens is 2. The lowest BCUT2D eigenvalue weighted by molar-refractivity contribution is 0.0695. The highest BCUT2D eigenvalue weighted by atomic mass is 35.5. The monoisotopic (exact) mass is 441 g/mol. The van der Waals surface area contributed by atoms with Crippen molar-refractivity contribution in [2.24, 2.45) is 0 Å². The minimum absolute atomic E-state index is 0. The molecule has 0 aliphatic rings. The first kappa shape index (κ1) is 25.8. The average Bonchev–Trinajstić information content (AvgIpc) is 2.64. The van der Waals surface area contributed by atoms with Crippen molar-refractivity contribution in [3.8, 4) is 0 Å². The largest absolute Gasteiger partial charge is 0.478 e. The zero-order valence-corrected chi connectivity index (χ0v) is 16.7. The lowest BCUT2D eigenvalue weighted by Crippen LogP contribution is -2.05. The molecule has 3 aromatic carbocycles. The van der Waals surface area contributed by atoms with E-state index in [9.17, 15) is 9.59 Å². The number of aliphatic hydroxyl groups is 1. The Morgan fingerprint density at radius 2 is 1.31 bits per heavy atom. The Morgan fingerprint density at radius 1 is 0.759 bits per heavy atom. The van der Waals surface area contributed by atoms with Gasteiger partial charge < -0.3 is 32.5 Å². The van der Waals surface area contributed by atoms with Crippen molar-refractivity contribution in [3.63, 3.8) is 0 Å². The number of fused-ring (bicyclic) bond motifs is 1. The standard InChI is InChI=1S/C12H9NO4.C7H10N2O.2ClH/c13-9-5-4-8(12(16)17)10-6(9)2-1-3-7(10)11(14)15;8-6-2-1-5(4-10)3-7(6)9;;/h1-5H,13H2,(H,14,15)(H,16,17);1-3,10H,4,8-9H2;2*1H. The molecule has 0 aromatic heterocycles. The smallest absolute Gasteiger partial charge is 0.336 e. The van der Waals surface area contributed by atoms with Crippen LogP contribution in [-0.2, 0) is 6.61 Å². The third kappa shape index (κ3) is 5.89. The van der Waals surface area contributed by atoms with E-state index in [4.69, 9.17) is 32.5 Å². The summed E-state index contributed by atoms with van der Waals surface area (Å²) in [6.07, 6.45) is 0. The maximum Gasteiger partial charge on any atom is 0.336 e. The maximum absolute atomic E-state index is 11.1. The number of carboxylic acids is 2. The molecule has 3 aromatic rings. The fourth-order valence-corrected chi connectivity index (χ4v) is 2.51. The summed E-state index contributed by atoms with van der Waals surface area (Å²) in [5, 5.41) is 27.3. The molecule has 29 heavy (non-hydrogen) atoms. The normalized spacial score (nSPS) is 9.41. The van der Waals surface area contributed by atoms with Crippen molar-refractivity contribution in [3.05, 3.63) is 65.2 Å². The highest BCUT2D eigenvalue weighted by Gasteiger charge is 2.17. The zero-order valence-electron chi connectivity index (χ0n) is 15.0. The Kier molecular flexibility index (Phi) is 9.75. The van der Waals surface area contributed by atoms with Crippen LogP contribution in [0.15, 0.2) is 48.5 Å². The van der Waals surface area contributed by atoms with Gasteiger partial charge in [0.15, 0.2) is 0 Å². The second kappa shape index (κ2) is 11.0. The number of anilines is 3. The number of nitrogens with two attached hydrogens (primary N) is 3. The van der Waals surface area contributed by atoms with E-state index in [1.54, 1.807) is 24.3 Å². The molecule has 0 atom stereocenters. The summed E-state index contributed by atoms with van der Waals surface area (Å²) in [5.74, 6) is -2.35. The number of aliphatic hydroxyl groups excluding tert-OH is 1. The summed E-state index contributed by atoms with van der Waals surface area (Å²) >= 11 is 0. The van der Waals surface area contributed by atoms with Gasteiger partial charge >= 0.3 is 11.9 Å². The third-order valence-corrected chi connectivity index (χ3v) is 3.87. The highest BCUT2D eigenvalue weighted by molar-refractivity contribution is 6.15. The fraction of sp³-hybridized carbons (Fsp3) is 0.0526. The number of hydrogen-bond donors (Lipinski definition) is 6. The lowest BCUT2D eigenvalue weighted by Gasteiger charge is -2.08. The van der Waals surface area contributed by atoms with Crippen molar-refractivity contribution in [1.82, 2.24) is 0 Å². The molecular formula is C19H21Cl2N3O5. The molecule has 0 bridgehead atoms. The van der Waals surface area contributed by atoms with Gasteiger partial charge in [0.05, 0.1) is 29.1 Å². The topological polar surface area (TPSA) is 173 Å². The van der Waals surface area contributed by atoms with Crippen LogP contribution in [0, 0.1) is 0 Å². The van der Waals surface area contributed by atoms with Gasteiger partial charge in [-0.15, -0.1) is 24.8 Å². The van der Waals surface area contributed by atoms with Crippen LogP contribution in [0.25, 0.3) is 10.8 Å². The Bertz CT molecular complexity index is 1010. The van der Waals surface area contributed by atoms with Crippen molar-refractivity contribution >= 4 is 64.6 Å². The molecule has 9 N–H and O–H groups in total. The molecule has 0 heterocycles. The van der Waals surface area contributed by atoms with E-state index in [1.165, 1.54) is 24.3 Å². The van der Waals surface area contributed by atoms with E-state index in [1.807, 2.05) is 0 Å². The van der Waals surface area contributed by atoms with E-state index >= 15 is 0 Å². The van der Waals surface area contributed by atoms with Crippen molar-refractivity contribution in [2.75, 3.05) is 17.2 Å². The second-order valence-electron chi connectivity index (χ2n) is 5.66. The van der Waals surface area contributed by atoms with Crippen LogP contribution in [0.4, 0.5) is 17.1 Å². The number of aromatic carboxylic acids is 2. The van der Waals surface area contributed by atoms with Crippen molar-refractivity contribution in [2.45, 2.75) is 6.61 Å². The molecule has 3 rings (SSSR count). The zero-order chi connectivity index (χ0) is 20.1. The van der Waals surface area contributed by atoms with Crippen LogP contribution in [0.1, 0.15) is 26.3 Å². The quantitative estimate of drug-likeness (QED) is 0.336. The predicted octanol–water partition coefficient (Wildman–Crippen LogP) is 3.01.